The van der Waals surface area contributed by atoms with Crippen LogP contribution < -0.4 is 0 Å². The summed E-state index contributed by atoms with van der Waals surface area (Å²) in [5, 5.41) is 18.3. The van der Waals surface area contributed by atoms with E-state index in [0.29, 0.717) is 12.8 Å². The summed E-state index contributed by atoms with van der Waals surface area (Å²) in [6.45, 7) is 2.34. The number of unbranched alkanes of at least 4 members (excludes halogenated alkanes) is 21. The first kappa shape index (κ1) is 50.5. The highest BCUT2D eigenvalue weighted by Crippen LogP contribution is 2.43. The number of aliphatic hydroxyl groups is 2. The molecule has 306 valence electrons. The molecule has 0 saturated heterocycles. The normalized spacial score (nSPS) is 14.2. The predicted molar refractivity (Wildman–Crippen MR) is 210 cm³/mol. The van der Waals surface area contributed by atoms with Crippen molar-refractivity contribution in [1.82, 2.24) is 0 Å². The minimum atomic E-state index is -4.61. The lowest BCUT2D eigenvalue weighted by Crippen LogP contribution is -2.29. The minimum Gasteiger partial charge on any atom is -0.462 e. The number of hydrogen-bond acceptors (Lipinski definition) is 9. The van der Waals surface area contributed by atoms with Gasteiger partial charge >= 0.3 is 19.8 Å². The maximum atomic E-state index is 12.6. The van der Waals surface area contributed by atoms with Crippen molar-refractivity contribution in [3.05, 3.63) is 24.3 Å². The maximum absolute atomic E-state index is 12.6. The molecule has 0 spiro atoms. The summed E-state index contributed by atoms with van der Waals surface area (Å²) in [4.78, 5) is 34.9. The third-order valence-corrected chi connectivity index (χ3v) is 9.81. The highest BCUT2D eigenvalue weighted by Gasteiger charge is 2.27. The standard InChI is InChI=1S/C41H77O10P/c1-3-5-7-9-11-13-15-17-18-19-20-21-23-24-26-28-30-32-40(44)48-36-39(37-50-52(46,47)49-35-38(43)34-42)51-41(45)33-31-29-27-25-22-16-14-12-10-8-6-4-2/h11,13,17-18,38-39,42-43H,3-10,12,14-16,19-37H2,1-2H3,(H,46,47)/b13-11-,18-17-/t38-,39+/m0/s1. The Morgan fingerprint density at radius 3 is 1.52 bits per heavy atom. The Kier molecular flexibility index (Phi) is 36.6. The molecular formula is C41H77O10P. The molecule has 0 aliphatic rings. The molecule has 0 aromatic rings. The number of ether oxygens (including phenoxy) is 2. The maximum Gasteiger partial charge on any atom is 0.472 e. The van der Waals surface area contributed by atoms with E-state index in [4.69, 9.17) is 19.1 Å². The van der Waals surface area contributed by atoms with Gasteiger partial charge in [0.15, 0.2) is 6.10 Å². The van der Waals surface area contributed by atoms with Crippen LogP contribution in [0, 0.1) is 0 Å². The topological polar surface area (TPSA) is 149 Å². The second-order valence-corrected chi connectivity index (χ2v) is 15.5. The number of phosphoric ester groups is 1. The highest BCUT2D eigenvalue weighted by atomic mass is 31.2. The molecule has 0 aliphatic heterocycles. The summed E-state index contributed by atoms with van der Waals surface area (Å²) < 4.78 is 32.6. The summed E-state index contributed by atoms with van der Waals surface area (Å²) in [6, 6.07) is 0. The van der Waals surface area contributed by atoms with Gasteiger partial charge in [-0.05, 0) is 44.9 Å². The molecule has 0 aromatic carbocycles. The number of allylic oxidation sites excluding steroid dienone is 4. The number of esters is 2. The number of carbonyl (C=O) groups excluding carboxylic acids is 2. The molecule has 0 rings (SSSR count). The van der Waals surface area contributed by atoms with Gasteiger partial charge in [-0.25, -0.2) is 4.57 Å². The Bertz CT molecular complexity index is 925. The van der Waals surface area contributed by atoms with Crippen molar-refractivity contribution in [2.24, 2.45) is 0 Å². The van der Waals surface area contributed by atoms with E-state index in [0.717, 1.165) is 51.4 Å². The van der Waals surface area contributed by atoms with Crippen LogP contribution in [0.15, 0.2) is 24.3 Å². The van der Waals surface area contributed by atoms with Gasteiger partial charge in [-0.3, -0.25) is 18.6 Å². The van der Waals surface area contributed by atoms with E-state index in [9.17, 15) is 24.2 Å². The minimum absolute atomic E-state index is 0.186. The van der Waals surface area contributed by atoms with Gasteiger partial charge in [-0.1, -0.05) is 154 Å². The van der Waals surface area contributed by atoms with Gasteiger partial charge in [-0.15, -0.1) is 0 Å². The first-order chi connectivity index (χ1) is 25.2. The van der Waals surface area contributed by atoms with Crippen LogP contribution >= 0.6 is 7.82 Å². The number of phosphoric acid groups is 1. The van der Waals surface area contributed by atoms with Crippen LogP contribution in [0.5, 0.6) is 0 Å². The van der Waals surface area contributed by atoms with Crippen LogP contribution in [0.2, 0.25) is 0 Å². The Hall–Kier alpha value is -1.55. The molecule has 3 N–H and O–H groups in total. The van der Waals surface area contributed by atoms with Crippen LogP contribution in [0.25, 0.3) is 0 Å². The van der Waals surface area contributed by atoms with E-state index in [-0.39, 0.29) is 19.4 Å². The van der Waals surface area contributed by atoms with E-state index in [2.05, 4.69) is 42.7 Å². The fraction of sp³-hybridized carbons (Fsp3) is 0.854. The molecule has 52 heavy (non-hydrogen) atoms. The molecule has 0 radical (unpaired) electrons. The lowest BCUT2D eigenvalue weighted by molar-refractivity contribution is -0.161. The summed E-state index contributed by atoms with van der Waals surface area (Å²) in [5.41, 5.74) is 0. The van der Waals surface area contributed by atoms with Gasteiger partial charge in [-0.2, -0.15) is 0 Å². The summed E-state index contributed by atoms with van der Waals surface area (Å²) in [7, 11) is -4.61. The lowest BCUT2D eigenvalue weighted by Gasteiger charge is -2.20. The zero-order valence-corrected chi connectivity index (χ0v) is 33.9. The molecule has 0 aliphatic carbocycles. The average molecular weight is 761 g/mol. The highest BCUT2D eigenvalue weighted by molar-refractivity contribution is 7.47. The largest absolute Gasteiger partial charge is 0.472 e. The van der Waals surface area contributed by atoms with Crippen molar-refractivity contribution in [3.63, 3.8) is 0 Å². The number of rotatable bonds is 39. The molecule has 3 atom stereocenters. The first-order valence-electron chi connectivity index (χ1n) is 20.8. The fourth-order valence-electron chi connectivity index (χ4n) is 5.61. The van der Waals surface area contributed by atoms with Crippen LogP contribution in [0.3, 0.4) is 0 Å². The second kappa shape index (κ2) is 37.8. The monoisotopic (exact) mass is 761 g/mol. The Morgan fingerprint density at radius 1 is 0.577 bits per heavy atom. The van der Waals surface area contributed by atoms with Crippen LogP contribution in [0.1, 0.15) is 187 Å². The quantitative estimate of drug-likeness (QED) is 0.0239. The van der Waals surface area contributed by atoms with Crippen molar-refractivity contribution < 1.29 is 47.8 Å². The number of hydrogen-bond donors (Lipinski definition) is 3. The third kappa shape index (κ3) is 36.8. The van der Waals surface area contributed by atoms with Gasteiger partial charge < -0.3 is 24.6 Å². The lowest BCUT2D eigenvalue weighted by atomic mass is 10.0. The van der Waals surface area contributed by atoms with Crippen molar-refractivity contribution in [1.29, 1.82) is 0 Å². The molecule has 0 heterocycles. The molecule has 1 unspecified atom stereocenters. The average Bonchev–Trinajstić information content (AvgIpc) is 3.13. The van der Waals surface area contributed by atoms with E-state index < -0.39 is 51.8 Å². The van der Waals surface area contributed by atoms with Gasteiger partial charge in [0.1, 0.15) is 12.7 Å². The fourth-order valence-corrected chi connectivity index (χ4v) is 6.40. The third-order valence-electron chi connectivity index (χ3n) is 8.86. The SMILES string of the molecule is CCCCC/C=C\C/C=C\CCCCCCCCCC(=O)OC[C@H](COP(=O)(O)OC[C@@H](O)CO)OC(=O)CCCCCCCCCCCCCC. The zero-order chi connectivity index (χ0) is 38.4. The van der Waals surface area contributed by atoms with E-state index in [1.165, 1.54) is 96.3 Å². The van der Waals surface area contributed by atoms with Crippen molar-refractivity contribution in [2.45, 2.75) is 199 Å². The summed E-state index contributed by atoms with van der Waals surface area (Å²) in [6.07, 6.45) is 35.7. The summed E-state index contributed by atoms with van der Waals surface area (Å²) in [5.74, 6) is -0.929. The van der Waals surface area contributed by atoms with Crippen LogP contribution in [-0.2, 0) is 32.7 Å². The summed E-state index contributed by atoms with van der Waals surface area (Å²) >= 11 is 0. The van der Waals surface area contributed by atoms with E-state index >= 15 is 0 Å². The number of aliphatic hydroxyl groups excluding tert-OH is 2. The number of carbonyl (C=O) groups is 2. The molecule has 10 nitrogen and oxygen atoms in total. The molecule has 0 fully saturated rings. The Balaban J connectivity index is 4.30. The van der Waals surface area contributed by atoms with Crippen molar-refractivity contribution >= 4 is 19.8 Å². The Morgan fingerprint density at radius 2 is 1.00 bits per heavy atom. The second-order valence-electron chi connectivity index (χ2n) is 14.0. The van der Waals surface area contributed by atoms with Crippen molar-refractivity contribution in [2.75, 3.05) is 26.4 Å². The van der Waals surface area contributed by atoms with Crippen LogP contribution in [0.4, 0.5) is 0 Å². The zero-order valence-electron chi connectivity index (χ0n) is 33.0. The Labute approximate surface area is 317 Å². The predicted octanol–water partition coefficient (Wildman–Crippen LogP) is 10.6. The molecule has 0 bridgehead atoms. The van der Waals surface area contributed by atoms with E-state index in [1.807, 2.05) is 0 Å². The molecule has 0 saturated carbocycles. The smallest absolute Gasteiger partial charge is 0.462 e. The van der Waals surface area contributed by atoms with Crippen molar-refractivity contribution in [3.8, 4) is 0 Å². The van der Waals surface area contributed by atoms with Crippen LogP contribution in [-0.4, -0.2) is 65.7 Å². The molecular weight excluding hydrogens is 683 g/mol. The molecule has 11 heteroatoms. The van der Waals surface area contributed by atoms with Gasteiger partial charge in [0.05, 0.1) is 19.8 Å². The van der Waals surface area contributed by atoms with Gasteiger partial charge in [0, 0.05) is 12.8 Å². The van der Waals surface area contributed by atoms with E-state index in [1.54, 1.807) is 0 Å². The van der Waals surface area contributed by atoms with Gasteiger partial charge in [0.25, 0.3) is 0 Å². The molecule has 0 amide bonds. The van der Waals surface area contributed by atoms with Gasteiger partial charge in [0.2, 0.25) is 0 Å². The molecule has 0 aromatic heterocycles. The first-order valence-corrected chi connectivity index (χ1v) is 22.3.